The summed E-state index contributed by atoms with van der Waals surface area (Å²) in [6.45, 7) is 1.81. The van der Waals surface area contributed by atoms with Crippen molar-refractivity contribution in [2.45, 2.75) is 36.4 Å². The van der Waals surface area contributed by atoms with E-state index >= 15 is 0 Å². The fraction of sp³-hybridized carbons (Fsp3) is 0.333. The number of carbonyl (C=O) groups is 2. The van der Waals surface area contributed by atoms with E-state index in [9.17, 15) is 18.0 Å². The van der Waals surface area contributed by atoms with Gasteiger partial charge in [0.25, 0.3) is 10.0 Å². The fourth-order valence-corrected chi connectivity index (χ4v) is 5.77. The van der Waals surface area contributed by atoms with Crippen molar-refractivity contribution in [1.82, 2.24) is 4.31 Å². The van der Waals surface area contributed by atoms with E-state index in [1.807, 2.05) is 0 Å². The van der Waals surface area contributed by atoms with Gasteiger partial charge in [-0.15, -0.1) is 11.3 Å². The molecule has 1 aliphatic heterocycles. The number of anilines is 1. The number of hydrogen-bond acceptors (Lipinski definition) is 5. The van der Waals surface area contributed by atoms with Crippen LogP contribution in [0.5, 0.6) is 0 Å². The second-order valence-electron chi connectivity index (χ2n) is 6.18. The summed E-state index contributed by atoms with van der Waals surface area (Å²) in [5, 5.41) is 4.48. The van der Waals surface area contributed by atoms with Crippen LogP contribution in [0.1, 0.15) is 36.5 Å². The summed E-state index contributed by atoms with van der Waals surface area (Å²) in [5.41, 5.74) is 1.10. The largest absolute Gasteiger partial charge is 0.325 e. The summed E-state index contributed by atoms with van der Waals surface area (Å²) in [4.78, 5) is 24.1. The maximum Gasteiger partial charge on any atom is 0.253 e. The molecule has 1 fully saturated rings. The minimum atomic E-state index is -3.68. The van der Waals surface area contributed by atoms with E-state index in [-0.39, 0.29) is 15.9 Å². The Morgan fingerprint density at radius 1 is 1.15 bits per heavy atom. The number of nitrogens with one attached hydrogen (secondary N) is 1. The van der Waals surface area contributed by atoms with E-state index in [2.05, 4.69) is 5.32 Å². The topological polar surface area (TPSA) is 83.6 Å². The first-order valence-electron chi connectivity index (χ1n) is 8.37. The molecule has 1 saturated heterocycles. The van der Waals surface area contributed by atoms with Gasteiger partial charge in [0, 0.05) is 17.8 Å². The Balaban J connectivity index is 1.79. The summed E-state index contributed by atoms with van der Waals surface area (Å²) in [7, 11) is -3.68. The average Bonchev–Trinajstić information content (AvgIpc) is 3.17. The lowest BCUT2D eigenvalue weighted by atomic mass is 10.0. The molecule has 0 aliphatic carbocycles. The maximum atomic E-state index is 12.9. The zero-order valence-corrected chi connectivity index (χ0v) is 16.0. The van der Waals surface area contributed by atoms with Gasteiger partial charge in [-0.25, -0.2) is 8.42 Å². The average molecular weight is 393 g/mol. The number of ketones is 1. The lowest BCUT2D eigenvalue weighted by Crippen LogP contribution is -2.49. The summed E-state index contributed by atoms with van der Waals surface area (Å²) in [6.07, 6.45) is 2.03. The Morgan fingerprint density at radius 2 is 1.88 bits per heavy atom. The first-order chi connectivity index (χ1) is 12.4. The molecule has 138 valence electrons. The molecule has 2 aromatic rings. The highest BCUT2D eigenvalue weighted by Gasteiger charge is 2.38. The Hall–Kier alpha value is -2.03. The molecule has 0 bridgehead atoms. The van der Waals surface area contributed by atoms with E-state index < -0.39 is 16.1 Å². The quantitative estimate of drug-likeness (QED) is 0.793. The zero-order chi connectivity index (χ0) is 18.7. The Morgan fingerprint density at radius 3 is 2.50 bits per heavy atom. The number of thiophene rings is 1. The number of rotatable bonds is 5. The SMILES string of the molecule is CC(=O)c1ccc(NC(=O)C2CCCCN2S(=O)(=O)c2cccs2)cc1. The Bertz CT molecular complexity index is 890. The van der Waals surface area contributed by atoms with Gasteiger partial charge in [0.15, 0.2) is 5.78 Å². The molecule has 26 heavy (non-hydrogen) atoms. The molecule has 1 atom stereocenters. The van der Waals surface area contributed by atoms with Crippen LogP contribution in [0, 0.1) is 0 Å². The molecule has 6 nitrogen and oxygen atoms in total. The standard InChI is InChI=1S/C18H20N2O4S2/c1-13(21)14-7-9-15(10-8-14)19-18(22)16-5-2-3-11-20(16)26(23,24)17-6-4-12-25-17/h4,6-10,12,16H,2-3,5,11H2,1H3,(H,19,22). The van der Waals surface area contributed by atoms with Gasteiger partial charge >= 0.3 is 0 Å². The van der Waals surface area contributed by atoms with Crippen molar-refractivity contribution in [2.24, 2.45) is 0 Å². The van der Waals surface area contributed by atoms with Crippen LogP contribution >= 0.6 is 11.3 Å². The third kappa shape index (κ3) is 3.87. The first kappa shape index (κ1) is 18.8. The van der Waals surface area contributed by atoms with Crippen molar-refractivity contribution in [3.63, 3.8) is 0 Å². The zero-order valence-electron chi connectivity index (χ0n) is 14.3. The Kier molecular flexibility index (Phi) is 5.55. The summed E-state index contributed by atoms with van der Waals surface area (Å²) < 4.78 is 27.3. The number of Topliss-reactive ketones (excluding diaryl/α,β-unsaturated/α-hetero) is 1. The molecular formula is C18H20N2O4S2. The minimum absolute atomic E-state index is 0.0524. The van der Waals surface area contributed by atoms with E-state index in [0.717, 1.165) is 24.2 Å². The van der Waals surface area contributed by atoms with Crippen LogP contribution in [-0.2, 0) is 14.8 Å². The molecule has 0 saturated carbocycles. The highest BCUT2D eigenvalue weighted by molar-refractivity contribution is 7.91. The predicted octanol–water partition coefficient (Wildman–Crippen LogP) is 3.13. The molecule has 1 aliphatic rings. The van der Waals surface area contributed by atoms with Crippen LogP contribution in [0.15, 0.2) is 46.0 Å². The second-order valence-corrected chi connectivity index (χ2v) is 9.25. The molecule has 0 spiro atoms. The molecule has 1 unspecified atom stereocenters. The van der Waals surface area contributed by atoms with Gasteiger partial charge in [-0.2, -0.15) is 4.31 Å². The fourth-order valence-electron chi connectivity index (χ4n) is 2.99. The van der Waals surface area contributed by atoms with Gasteiger partial charge in [0.2, 0.25) is 5.91 Å². The third-order valence-corrected chi connectivity index (χ3v) is 7.65. The maximum absolute atomic E-state index is 12.9. The smallest absolute Gasteiger partial charge is 0.253 e. The highest BCUT2D eigenvalue weighted by atomic mass is 32.2. The van der Waals surface area contributed by atoms with Crippen LogP contribution in [0.4, 0.5) is 5.69 Å². The van der Waals surface area contributed by atoms with Crippen molar-refractivity contribution in [3.8, 4) is 0 Å². The van der Waals surface area contributed by atoms with Crippen LogP contribution in [0.3, 0.4) is 0 Å². The van der Waals surface area contributed by atoms with Gasteiger partial charge in [-0.1, -0.05) is 12.5 Å². The van der Waals surface area contributed by atoms with Gasteiger partial charge in [0.05, 0.1) is 0 Å². The Labute approximate surface area is 156 Å². The van der Waals surface area contributed by atoms with E-state index in [1.54, 1.807) is 41.8 Å². The van der Waals surface area contributed by atoms with E-state index in [0.29, 0.717) is 24.2 Å². The van der Waals surface area contributed by atoms with Crippen molar-refractivity contribution in [1.29, 1.82) is 0 Å². The summed E-state index contributed by atoms with van der Waals surface area (Å²) >= 11 is 1.15. The van der Waals surface area contributed by atoms with Crippen molar-refractivity contribution < 1.29 is 18.0 Å². The molecule has 1 N–H and O–H groups in total. The van der Waals surface area contributed by atoms with Crippen molar-refractivity contribution >= 4 is 38.7 Å². The molecule has 1 amide bonds. The summed E-state index contributed by atoms with van der Waals surface area (Å²) in [6, 6.07) is 9.09. The second kappa shape index (κ2) is 7.69. The lowest BCUT2D eigenvalue weighted by Gasteiger charge is -2.33. The number of benzene rings is 1. The first-order valence-corrected chi connectivity index (χ1v) is 10.7. The van der Waals surface area contributed by atoms with Crippen LogP contribution < -0.4 is 5.32 Å². The molecule has 1 aromatic heterocycles. The van der Waals surface area contributed by atoms with Gasteiger partial charge in [0.1, 0.15) is 10.3 Å². The molecule has 2 heterocycles. The number of hydrogen-bond donors (Lipinski definition) is 1. The van der Waals surface area contributed by atoms with E-state index in [4.69, 9.17) is 0 Å². The van der Waals surface area contributed by atoms with Gasteiger partial charge in [-0.3, -0.25) is 9.59 Å². The normalized spacial score (nSPS) is 18.4. The van der Waals surface area contributed by atoms with Crippen LogP contribution in [0.2, 0.25) is 0 Å². The molecule has 1 aromatic carbocycles. The van der Waals surface area contributed by atoms with E-state index in [1.165, 1.54) is 11.2 Å². The number of amides is 1. The molecule has 8 heteroatoms. The minimum Gasteiger partial charge on any atom is -0.325 e. The highest BCUT2D eigenvalue weighted by Crippen LogP contribution is 2.28. The number of nitrogens with zero attached hydrogens (tertiary/aromatic N) is 1. The summed E-state index contributed by atoms with van der Waals surface area (Å²) in [5.74, 6) is -0.399. The van der Waals surface area contributed by atoms with Gasteiger partial charge in [-0.05, 0) is 55.5 Å². The molecule has 0 radical (unpaired) electrons. The van der Waals surface area contributed by atoms with Gasteiger partial charge < -0.3 is 5.32 Å². The molecular weight excluding hydrogens is 372 g/mol. The van der Waals surface area contributed by atoms with Crippen molar-refractivity contribution in [3.05, 3.63) is 47.3 Å². The number of sulfonamides is 1. The predicted molar refractivity (Wildman–Crippen MR) is 101 cm³/mol. The lowest BCUT2D eigenvalue weighted by molar-refractivity contribution is -0.120. The number of piperidine rings is 1. The molecule has 3 rings (SSSR count). The number of carbonyl (C=O) groups excluding carboxylic acids is 2. The van der Waals surface area contributed by atoms with Crippen LogP contribution in [-0.4, -0.2) is 37.0 Å². The van der Waals surface area contributed by atoms with Crippen LogP contribution in [0.25, 0.3) is 0 Å². The third-order valence-electron chi connectivity index (χ3n) is 4.37. The monoisotopic (exact) mass is 392 g/mol. The van der Waals surface area contributed by atoms with Crippen molar-refractivity contribution in [2.75, 3.05) is 11.9 Å².